The van der Waals surface area contributed by atoms with Crippen LogP contribution in [0.15, 0.2) is 42.6 Å². The summed E-state index contributed by atoms with van der Waals surface area (Å²) in [5, 5.41) is 8.93. The van der Waals surface area contributed by atoms with Crippen LogP contribution >= 0.6 is 0 Å². The number of nitrogens with zero attached hydrogens (tertiary/aromatic N) is 4. The van der Waals surface area contributed by atoms with Crippen LogP contribution in [0.5, 0.6) is 5.75 Å². The van der Waals surface area contributed by atoms with Gasteiger partial charge in [-0.05, 0) is 42.7 Å². The monoisotopic (exact) mass is 376 g/mol. The van der Waals surface area contributed by atoms with Crippen molar-refractivity contribution in [3.05, 3.63) is 53.7 Å². The lowest BCUT2D eigenvalue weighted by atomic mass is 10.0. The number of aryl methyl sites for hydroxylation is 1. The van der Waals surface area contributed by atoms with E-state index in [2.05, 4.69) is 20.9 Å². The van der Waals surface area contributed by atoms with Crippen LogP contribution in [-0.2, 0) is 11.2 Å². The predicted molar refractivity (Wildman–Crippen MR) is 106 cm³/mol. The van der Waals surface area contributed by atoms with Crippen molar-refractivity contribution in [1.29, 1.82) is 5.26 Å². The fourth-order valence-electron chi connectivity index (χ4n) is 4.28. The summed E-state index contributed by atoms with van der Waals surface area (Å²) >= 11 is 0. The van der Waals surface area contributed by atoms with Crippen molar-refractivity contribution >= 4 is 11.7 Å². The third-order valence-electron chi connectivity index (χ3n) is 5.86. The van der Waals surface area contributed by atoms with Crippen molar-refractivity contribution in [3.8, 4) is 11.8 Å². The number of hydrogen-bond acceptors (Lipinski definition) is 5. The summed E-state index contributed by atoms with van der Waals surface area (Å²) in [5.74, 6) is 2.46. The van der Waals surface area contributed by atoms with E-state index >= 15 is 0 Å². The fourth-order valence-corrected chi connectivity index (χ4v) is 4.28. The van der Waals surface area contributed by atoms with Gasteiger partial charge in [0.25, 0.3) is 0 Å². The number of carbonyl (C=O) groups is 1. The van der Waals surface area contributed by atoms with Gasteiger partial charge in [-0.25, -0.2) is 4.98 Å². The molecule has 6 heteroatoms. The van der Waals surface area contributed by atoms with Gasteiger partial charge in [-0.3, -0.25) is 4.79 Å². The van der Waals surface area contributed by atoms with Crippen molar-refractivity contribution in [3.63, 3.8) is 0 Å². The molecule has 0 radical (unpaired) electrons. The van der Waals surface area contributed by atoms with Crippen LogP contribution in [0, 0.1) is 17.2 Å². The zero-order chi connectivity index (χ0) is 19.5. The summed E-state index contributed by atoms with van der Waals surface area (Å²) in [7, 11) is 1.65. The average Bonchev–Trinajstić information content (AvgIpc) is 3.33. The van der Waals surface area contributed by atoms with Gasteiger partial charge in [0.05, 0.1) is 18.7 Å². The smallest absolute Gasteiger partial charge is 0.223 e. The Hall–Kier alpha value is -3.07. The van der Waals surface area contributed by atoms with E-state index in [1.165, 1.54) is 0 Å². The number of fused-ring (bicyclic) bond motifs is 1. The molecular formula is C22H24N4O2. The Morgan fingerprint density at radius 1 is 1.25 bits per heavy atom. The van der Waals surface area contributed by atoms with Gasteiger partial charge in [0.2, 0.25) is 5.91 Å². The Kier molecular flexibility index (Phi) is 5.16. The molecule has 3 heterocycles. The maximum atomic E-state index is 12.8. The van der Waals surface area contributed by atoms with E-state index < -0.39 is 0 Å². The van der Waals surface area contributed by atoms with Gasteiger partial charge in [-0.1, -0.05) is 12.1 Å². The van der Waals surface area contributed by atoms with Crippen molar-refractivity contribution in [2.75, 3.05) is 31.6 Å². The van der Waals surface area contributed by atoms with E-state index in [0.29, 0.717) is 17.9 Å². The molecule has 0 saturated carbocycles. The summed E-state index contributed by atoms with van der Waals surface area (Å²) in [4.78, 5) is 21.6. The number of pyridine rings is 1. The van der Waals surface area contributed by atoms with E-state index in [4.69, 9.17) is 10.00 Å². The SMILES string of the molecule is COc1ccc(CCC(=O)N2CCC3CN(c4ccc(C#N)cn4)CC32)cc1. The largest absolute Gasteiger partial charge is 0.497 e. The maximum absolute atomic E-state index is 12.8. The third-order valence-corrected chi connectivity index (χ3v) is 5.86. The Bertz CT molecular complexity index is 873. The van der Waals surface area contributed by atoms with E-state index in [1.54, 1.807) is 19.4 Å². The lowest BCUT2D eigenvalue weighted by Gasteiger charge is -2.25. The highest BCUT2D eigenvalue weighted by Crippen LogP contribution is 2.34. The summed E-state index contributed by atoms with van der Waals surface area (Å²) in [6, 6.07) is 14.0. The highest BCUT2D eigenvalue weighted by molar-refractivity contribution is 5.77. The quantitative estimate of drug-likeness (QED) is 0.802. The Morgan fingerprint density at radius 3 is 2.75 bits per heavy atom. The number of likely N-dealkylation sites (tertiary alicyclic amines) is 1. The van der Waals surface area contributed by atoms with Crippen LogP contribution in [-0.4, -0.2) is 48.6 Å². The second-order valence-corrected chi connectivity index (χ2v) is 7.47. The van der Waals surface area contributed by atoms with Gasteiger partial charge in [0.1, 0.15) is 17.6 Å². The molecular weight excluding hydrogens is 352 g/mol. The first-order valence-corrected chi connectivity index (χ1v) is 9.71. The summed E-state index contributed by atoms with van der Waals surface area (Å²) in [5.41, 5.74) is 1.72. The molecule has 144 valence electrons. The van der Waals surface area contributed by atoms with Crippen LogP contribution in [0.3, 0.4) is 0 Å². The first-order chi connectivity index (χ1) is 13.7. The van der Waals surface area contributed by atoms with E-state index in [-0.39, 0.29) is 11.9 Å². The van der Waals surface area contributed by atoms with Crippen LogP contribution in [0.4, 0.5) is 5.82 Å². The van der Waals surface area contributed by atoms with Crippen LogP contribution < -0.4 is 9.64 Å². The standard InChI is InChI=1S/C22H24N4O2/c1-28-19-6-2-16(3-7-19)5-9-22(27)26-11-10-18-14-25(15-20(18)26)21-8-4-17(12-23)13-24-21/h2-4,6-8,13,18,20H,5,9-11,14-15H2,1H3. The number of aromatic nitrogens is 1. The van der Waals surface area contributed by atoms with Gasteiger partial charge < -0.3 is 14.5 Å². The number of hydrogen-bond donors (Lipinski definition) is 0. The van der Waals surface area contributed by atoms with Crippen LogP contribution in [0.2, 0.25) is 0 Å². The molecule has 1 aromatic heterocycles. The summed E-state index contributed by atoms with van der Waals surface area (Å²) < 4.78 is 5.18. The van der Waals surface area contributed by atoms with Gasteiger partial charge in [-0.15, -0.1) is 0 Å². The fraction of sp³-hybridized carbons (Fsp3) is 0.409. The topological polar surface area (TPSA) is 69.5 Å². The number of rotatable bonds is 5. The van der Waals surface area contributed by atoms with Crippen molar-refractivity contribution in [1.82, 2.24) is 9.88 Å². The van der Waals surface area contributed by atoms with Crippen LogP contribution in [0.1, 0.15) is 24.0 Å². The molecule has 2 aliphatic heterocycles. The molecule has 2 unspecified atom stereocenters. The molecule has 0 aliphatic carbocycles. The Morgan fingerprint density at radius 2 is 2.07 bits per heavy atom. The first-order valence-electron chi connectivity index (χ1n) is 9.71. The predicted octanol–water partition coefficient (Wildman–Crippen LogP) is 2.63. The van der Waals surface area contributed by atoms with E-state index in [9.17, 15) is 4.79 Å². The molecule has 28 heavy (non-hydrogen) atoms. The second-order valence-electron chi connectivity index (χ2n) is 7.47. The molecule has 0 bridgehead atoms. The van der Waals surface area contributed by atoms with Crippen molar-refractivity contribution < 1.29 is 9.53 Å². The van der Waals surface area contributed by atoms with Gasteiger partial charge in [0, 0.05) is 38.2 Å². The average molecular weight is 376 g/mol. The second kappa shape index (κ2) is 7.89. The highest BCUT2D eigenvalue weighted by Gasteiger charge is 2.43. The Labute approximate surface area is 165 Å². The molecule has 4 rings (SSSR count). The molecule has 6 nitrogen and oxygen atoms in total. The lowest BCUT2D eigenvalue weighted by molar-refractivity contribution is -0.131. The number of ether oxygens (including phenoxy) is 1. The normalized spacial score (nSPS) is 20.7. The summed E-state index contributed by atoms with van der Waals surface area (Å²) in [6.45, 7) is 2.59. The molecule has 2 atom stereocenters. The first kappa shape index (κ1) is 18.3. The van der Waals surface area contributed by atoms with Crippen molar-refractivity contribution in [2.24, 2.45) is 5.92 Å². The minimum absolute atomic E-state index is 0.234. The molecule has 1 aromatic carbocycles. The highest BCUT2D eigenvalue weighted by atomic mass is 16.5. The number of methoxy groups -OCH3 is 1. The molecule has 2 aromatic rings. The zero-order valence-electron chi connectivity index (χ0n) is 16.0. The minimum atomic E-state index is 0.234. The molecule has 2 fully saturated rings. The number of amides is 1. The van der Waals surface area contributed by atoms with E-state index in [0.717, 1.165) is 49.6 Å². The molecule has 1 amide bonds. The number of anilines is 1. The molecule has 2 aliphatic rings. The molecule has 0 spiro atoms. The van der Waals surface area contributed by atoms with E-state index in [1.807, 2.05) is 30.3 Å². The molecule has 2 saturated heterocycles. The molecule has 0 N–H and O–H groups in total. The zero-order valence-corrected chi connectivity index (χ0v) is 16.0. The third kappa shape index (κ3) is 3.65. The minimum Gasteiger partial charge on any atom is -0.497 e. The van der Waals surface area contributed by atoms with Gasteiger partial charge >= 0.3 is 0 Å². The Balaban J connectivity index is 1.35. The van der Waals surface area contributed by atoms with Crippen molar-refractivity contribution in [2.45, 2.75) is 25.3 Å². The maximum Gasteiger partial charge on any atom is 0.223 e. The summed E-state index contributed by atoms with van der Waals surface area (Å²) in [6.07, 6.45) is 3.94. The number of benzene rings is 1. The van der Waals surface area contributed by atoms with Gasteiger partial charge in [-0.2, -0.15) is 5.26 Å². The number of nitriles is 1. The lowest BCUT2D eigenvalue weighted by Crippen LogP contribution is -2.39. The van der Waals surface area contributed by atoms with Crippen LogP contribution in [0.25, 0.3) is 0 Å². The number of carbonyl (C=O) groups excluding carboxylic acids is 1. The van der Waals surface area contributed by atoms with Gasteiger partial charge in [0.15, 0.2) is 0 Å².